The average Bonchev–Trinajstić information content (AvgIpc) is 2.15. The van der Waals surface area contributed by atoms with Gasteiger partial charge >= 0.3 is 0 Å². The maximum Gasteiger partial charge on any atom is 0.131 e. The molecule has 0 aliphatic carbocycles. The third-order valence-electron chi connectivity index (χ3n) is 2.41. The summed E-state index contributed by atoms with van der Waals surface area (Å²) in [6, 6.07) is 0.141. The summed E-state index contributed by atoms with van der Waals surface area (Å²) >= 11 is 0. The molecule has 0 heterocycles. The number of hydrogen-bond donors (Lipinski definition) is 2. The van der Waals surface area contributed by atoms with E-state index in [2.05, 4.69) is 11.9 Å². The van der Waals surface area contributed by atoms with Gasteiger partial charge in [0.25, 0.3) is 0 Å². The lowest BCUT2D eigenvalue weighted by molar-refractivity contribution is -0.116. The van der Waals surface area contributed by atoms with E-state index >= 15 is 0 Å². The predicted octanol–water partition coefficient (Wildman–Crippen LogP) is 1.63. The van der Waals surface area contributed by atoms with Crippen molar-refractivity contribution in [3.63, 3.8) is 0 Å². The lowest BCUT2D eigenvalue weighted by atomic mass is 10.1. The third-order valence-corrected chi connectivity index (χ3v) is 2.41. The van der Waals surface area contributed by atoms with Crippen molar-refractivity contribution < 1.29 is 4.79 Å². The van der Waals surface area contributed by atoms with Gasteiger partial charge in [0.05, 0.1) is 0 Å². The molecule has 0 radical (unpaired) electrons. The molecule has 3 nitrogen and oxygen atoms in total. The first kappa shape index (κ1) is 14.3. The highest BCUT2D eigenvalue weighted by molar-refractivity contribution is 5.75. The Morgan fingerprint density at radius 1 is 1.33 bits per heavy atom. The maximum absolute atomic E-state index is 10.6. The van der Waals surface area contributed by atoms with E-state index < -0.39 is 0 Å². The van der Waals surface area contributed by atoms with Crippen molar-refractivity contribution in [3.05, 3.63) is 12.2 Å². The molecule has 0 aliphatic rings. The van der Waals surface area contributed by atoms with Crippen LogP contribution >= 0.6 is 0 Å². The van der Waals surface area contributed by atoms with Crippen molar-refractivity contribution >= 4 is 5.78 Å². The second-order valence-electron chi connectivity index (χ2n) is 4.15. The fourth-order valence-electron chi connectivity index (χ4n) is 1.25. The van der Waals surface area contributed by atoms with Crippen LogP contribution in [0.1, 0.15) is 39.5 Å². The Labute approximate surface area is 93.1 Å². The minimum absolute atomic E-state index is 0.141. The van der Waals surface area contributed by atoms with Gasteiger partial charge in [-0.05, 0) is 33.2 Å². The first-order chi connectivity index (χ1) is 7.04. The fourth-order valence-corrected chi connectivity index (χ4v) is 1.25. The topological polar surface area (TPSA) is 55.1 Å². The fraction of sp³-hybridized carbons (Fsp3) is 0.750. The summed E-state index contributed by atoms with van der Waals surface area (Å²) in [6.07, 6.45) is 3.86. The van der Waals surface area contributed by atoms with E-state index in [4.69, 9.17) is 5.73 Å². The second kappa shape index (κ2) is 8.62. The zero-order chi connectivity index (χ0) is 11.7. The molecule has 1 atom stereocenters. The number of hydrogen-bond acceptors (Lipinski definition) is 3. The van der Waals surface area contributed by atoms with Gasteiger partial charge in [0.1, 0.15) is 5.78 Å². The molecule has 3 N–H and O–H groups in total. The van der Waals surface area contributed by atoms with Gasteiger partial charge < -0.3 is 11.1 Å². The molecule has 0 aromatic carbocycles. The Bertz CT molecular complexity index is 202. The summed E-state index contributed by atoms with van der Waals surface area (Å²) in [4.78, 5) is 10.6. The van der Waals surface area contributed by atoms with Crippen LogP contribution in [0.5, 0.6) is 0 Å². The molecular formula is C12H24N2O. The van der Waals surface area contributed by atoms with E-state index in [9.17, 15) is 4.79 Å². The standard InChI is InChI=1S/C12H24N2O/c1-10(2)12(13)6-4-5-8-14-9-7-11(3)15/h12,14H,1,4-9,13H2,2-3H3. The Morgan fingerprint density at radius 3 is 2.53 bits per heavy atom. The van der Waals surface area contributed by atoms with Crippen molar-refractivity contribution in [2.75, 3.05) is 13.1 Å². The van der Waals surface area contributed by atoms with Crippen LogP contribution in [0.15, 0.2) is 12.2 Å². The van der Waals surface area contributed by atoms with Crippen LogP contribution in [0.25, 0.3) is 0 Å². The van der Waals surface area contributed by atoms with Crippen molar-refractivity contribution in [1.29, 1.82) is 0 Å². The van der Waals surface area contributed by atoms with Crippen LogP contribution in [-0.4, -0.2) is 24.9 Å². The molecule has 0 aliphatic heterocycles. The van der Waals surface area contributed by atoms with Crippen molar-refractivity contribution in [3.8, 4) is 0 Å². The highest BCUT2D eigenvalue weighted by atomic mass is 16.1. The Kier molecular flexibility index (Phi) is 8.24. The lowest BCUT2D eigenvalue weighted by Crippen LogP contribution is -2.22. The van der Waals surface area contributed by atoms with Gasteiger partial charge in [-0.25, -0.2) is 0 Å². The molecule has 0 aromatic heterocycles. The van der Waals surface area contributed by atoms with Gasteiger partial charge in [0, 0.05) is 19.0 Å². The van der Waals surface area contributed by atoms with Gasteiger partial charge in [-0.3, -0.25) is 4.79 Å². The number of carbonyl (C=O) groups is 1. The van der Waals surface area contributed by atoms with Gasteiger partial charge in [-0.15, -0.1) is 0 Å². The van der Waals surface area contributed by atoms with Crippen LogP contribution in [-0.2, 0) is 4.79 Å². The average molecular weight is 212 g/mol. The molecule has 0 fully saturated rings. The first-order valence-electron chi connectivity index (χ1n) is 5.65. The molecule has 1 unspecified atom stereocenters. The van der Waals surface area contributed by atoms with E-state index in [-0.39, 0.29) is 11.8 Å². The van der Waals surface area contributed by atoms with E-state index in [1.807, 2.05) is 6.92 Å². The van der Waals surface area contributed by atoms with E-state index in [0.717, 1.165) is 37.9 Å². The number of Topliss-reactive ketones (excluding diaryl/α,β-unsaturated/α-hetero) is 1. The number of nitrogens with two attached hydrogens (primary N) is 1. The van der Waals surface area contributed by atoms with Crippen LogP contribution in [0.4, 0.5) is 0 Å². The summed E-state index contributed by atoms with van der Waals surface area (Å²) in [6.45, 7) is 9.17. The zero-order valence-electron chi connectivity index (χ0n) is 10.0. The summed E-state index contributed by atoms with van der Waals surface area (Å²) in [5.41, 5.74) is 6.89. The Morgan fingerprint density at radius 2 is 2.00 bits per heavy atom. The molecular weight excluding hydrogens is 188 g/mol. The zero-order valence-corrected chi connectivity index (χ0v) is 10.0. The molecule has 0 spiro atoms. The number of carbonyl (C=O) groups excluding carboxylic acids is 1. The molecule has 88 valence electrons. The molecule has 0 bridgehead atoms. The lowest BCUT2D eigenvalue weighted by Gasteiger charge is -2.10. The number of nitrogens with one attached hydrogen (secondary N) is 1. The van der Waals surface area contributed by atoms with Gasteiger partial charge in [-0.2, -0.15) is 0 Å². The molecule has 0 rings (SSSR count). The van der Waals surface area contributed by atoms with E-state index in [1.54, 1.807) is 6.92 Å². The highest BCUT2D eigenvalue weighted by Gasteiger charge is 2.01. The maximum atomic E-state index is 10.6. The minimum Gasteiger partial charge on any atom is -0.324 e. The molecule has 3 heteroatoms. The molecule has 0 saturated carbocycles. The van der Waals surface area contributed by atoms with Crippen molar-refractivity contribution in [2.45, 2.75) is 45.6 Å². The molecule has 0 saturated heterocycles. The minimum atomic E-state index is 0.141. The van der Waals surface area contributed by atoms with Gasteiger partial charge in [0.15, 0.2) is 0 Å². The Hall–Kier alpha value is -0.670. The van der Waals surface area contributed by atoms with Crippen molar-refractivity contribution in [1.82, 2.24) is 5.32 Å². The summed E-state index contributed by atoms with van der Waals surface area (Å²) in [7, 11) is 0. The number of ketones is 1. The summed E-state index contributed by atoms with van der Waals surface area (Å²) in [5, 5.41) is 3.24. The monoisotopic (exact) mass is 212 g/mol. The third kappa shape index (κ3) is 9.63. The SMILES string of the molecule is C=C(C)C(N)CCCCNCCC(C)=O. The second-order valence-corrected chi connectivity index (χ2v) is 4.15. The largest absolute Gasteiger partial charge is 0.324 e. The number of rotatable bonds is 9. The highest BCUT2D eigenvalue weighted by Crippen LogP contribution is 2.04. The van der Waals surface area contributed by atoms with Gasteiger partial charge in [-0.1, -0.05) is 18.6 Å². The van der Waals surface area contributed by atoms with E-state index in [0.29, 0.717) is 6.42 Å². The quantitative estimate of drug-likeness (QED) is 0.451. The van der Waals surface area contributed by atoms with Crippen LogP contribution in [0.3, 0.4) is 0 Å². The predicted molar refractivity (Wildman–Crippen MR) is 64.8 cm³/mol. The van der Waals surface area contributed by atoms with Gasteiger partial charge in [0.2, 0.25) is 0 Å². The summed E-state index contributed by atoms with van der Waals surface area (Å²) < 4.78 is 0. The summed E-state index contributed by atoms with van der Waals surface area (Å²) in [5.74, 6) is 0.242. The smallest absolute Gasteiger partial charge is 0.131 e. The Balaban J connectivity index is 3.18. The molecule has 15 heavy (non-hydrogen) atoms. The number of unbranched alkanes of at least 4 members (excludes halogenated alkanes) is 1. The van der Waals surface area contributed by atoms with Crippen LogP contribution in [0, 0.1) is 0 Å². The van der Waals surface area contributed by atoms with E-state index in [1.165, 1.54) is 0 Å². The first-order valence-corrected chi connectivity index (χ1v) is 5.65. The normalized spacial score (nSPS) is 12.5. The van der Waals surface area contributed by atoms with Crippen LogP contribution in [0.2, 0.25) is 0 Å². The van der Waals surface area contributed by atoms with Crippen molar-refractivity contribution in [2.24, 2.45) is 5.73 Å². The van der Waals surface area contributed by atoms with Crippen LogP contribution < -0.4 is 11.1 Å². The molecule has 0 amide bonds. The molecule has 0 aromatic rings.